The zero-order valence-corrected chi connectivity index (χ0v) is 14.2. The highest BCUT2D eigenvalue weighted by Gasteiger charge is 2.48. The van der Waals surface area contributed by atoms with E-state index in [1.165, 1.54) is 0 Å². The molecule has 0 aromatic carbocycles. The van der Waals surface area contributed by atoms with Gasteiger partial charge in [-0.2, -0.15) is 0 Å². The van der Waals surface area contributed by atoms with Crippen LogP contribution in [0.3, 0.4) is 0 Å². The van der Waals surface area contributed by atoms with Crippen LogP contribution in [0.25, 0.3) is 0 Å². The van der Waals surface area contributed by atoms with Crippen molar-refractivity contribution in [3.05, 3.63) is 0 Å². The summed E-state index contributed by atoms with van der Waals surface area (Å²) >= 11 is 0. The van der Waals surface area contributed by atoms with Crippen LogP contribution >= 0.6 is 0 Å². The highest BCUT2D eigenvalue weighted by atomic mass is 16.5. The molecule has 0 spiro atoms. The molecule has 2 unspecified atom stereocenters. The van der Waals surface area contributed by atoms with Gasteiger partial charge in [-0.15, -0.1) is 0 Å². The Balaban J connectivity index is 2.87. The van der Waals surface area contributed by atoms with Gasteiger partial charge in [-0.05, 0) is 31.1 Å². The summed E-state index contributed by atoms with van der Waals surface area (Å²) in [5.41, 5.74) is -0.342. The molecule has 0 aromatic rings. The van der Waals surface area contributed by atoms with Gasteiger partial charge in [-0.1, -0.05) is 34.6 Å². The minimum Gasteiger partial charge on any atom is -0.385 e. The van der Waals surface area contributed by atoms with Gasteiger partial charge in [0, 0.05) is 20.3 Å². The minimum atomic E-state index is -0.410. The van der Waals surface area contributed by atoms with E-state index in [0.29, 0.717) is 5.92 Å². The van der Waals surface area contributed by atoms with E-state index in [-0.39, 0.29) is 17.5 Å². The second kappa shape index (κ2) is 6.44. The lowest BCUT2D eigenvalue weighted by atomic mass is 9.88. The van der Waals surface area contributed by atoms with Crippen molar-refractivity contribution >= 4 is 5.91 Å². The second-order valence-corrected chi connectivity index (χ2v) is 7.36. The molecule has 118 valence electrons. The number of nitrogens with one attached hydrogen (secondary N) is 1. The number of hydrogen-bond donors (Lipinski definition) is 1. The van der Waals surface area contributed by atoms with E-state index in [1.807, 2.05) is 11.8 Å². The fourth-order valence-corrected chi connectivity index (χ4v) is 2.78. The topological polar surface area (TPSA) is 41.6 Å². The van der Waals surface area contributed by atoms with Crippen molar-refractivity contribution in [3.63, 3.8) is 0 Å². The van der Waals surface area contributed by atoms with Gasteiger partial charge in [0.25, 0.3) is 0 Å². The summed E-state index contributed by atoms with van der Waals surface area (Å²) < 4.78 is 5.19. The van der Waals surface area contributed by atoms with E-state index in [0.717, 1.165) is 26.0 Å². The number of nitrogens with zero attached hydrogens (tertiary/aromatic N) is 1. The number of rotatable bonds is 7. The second-order valence-electron chi connectivity index (χ2n) is 7.36. The lowest BCUT2D eigenvalue weighted by Gasteiger charge is -2.35. The molecule has 4 heteroatoms. The molecule has 4 nitrogen and oxygen atoms in total. The van der Waals surface area contributed by atoms with Crippen LogP contribution in [0.4, 0.5) is 0 Å². The number of amides is 1. The average molecular weight is 284 g/mol. The van der Waals surface area contributed by atoms with Crippen molar-refractivity contribution in [2.75, 3.05) is 20.3 Å². The molecule has 2 atom stereocenters. The van der Waals surface area contributed by atoms with Gasteiger partial charge in [0.2, 0.25) is 5.91 Å². The van der Waals surface area contributed by atoms with Gasteiger partial charge in [-0.25, -0.2) is 0 Å². The van der Waals surface area contributed by atoms with Crippen LogP contribution < -0.4 is 5.32 Å². The number of methoxy groups -OCH3 is 1. The molecule has 0 radical (unpaired) electrons. The van der Waals surface area contributed by atoms with Crippen molar-refractivity contribution in [1.29, 1.82) is 0 Å². The van der Waals surface area contributed by atoms with Crippen LogP contribution in [0, 0.1) is 11.3 Å². The van der Waals surface area contributed by atoms with Gasteiger partial charge in [0.1, 0.15) is 0 Å². The van der Waals surface area contributed by atoms with Crippen molar-refractivity contribution in [2.45, 2.75) is 66.1 Å². The first-order valence-corrected chi connectivity index (χ1v) is 7.74. The maximum atomic E-state index is 12.8. The predicted octanol–water partition coefficient (Wildman–Crippen LogP) is 2.63. The molecule has 0 bridgehead atoms. The molecule has 1 heterocycles. The smallest absolute Gasteiger partial charge is 0.243 e. The zero-order valence-electron chi connectivity index (χ0n) is 14.2. The first-order chi connectivity index (χ1) is 9.17. The Hall–Kier alpha value is -0.610. The summed E-state index contributed by atoms with van der Waals surface area (Å²) in [5.74, 6) is 0.648. The third-order valence-corrected chi connectivity index (χ3v) is 4.46. The molecule has 1 fully saturated rings. The van der Waals surface area contributed by atoms with E-state index in [4.69, 9.17) is 4.74 Å². The molecule has 1 rings (SSSR count). The largest absolute Gasteiger partial charge is 0.385 e. The summed E-state index contributed by atoms with van der Waals surface area (Å²) in [5, 5.41) is 3.54. The van der Waals surface area contributed by atoms with Crippen LogP contribution in [0.2, 0.25) is 0 Å². The maximum absolute atomic E-state index is 12.8. The Kier molecular flexibility index (Phi) is 5.61. The predicted molar refractivity (Wildman–Crippen MR) is 82.4 cm³/mol. The lowest BCUT2D eigenvalue weighted by molar-refractivity contribution is -0.134. The van der Waals surface area contributed by atoms with Crippen LogP contribution in [0.15, 0.2) is 0 Å². The summed E-state index contributed by atoms with van der Waals surface area (Å²) in [4.78, 5) is 14.8. The highest BCUT2D eigenvalue weighted by molar-refractivity contribution is 5.88. The van der Waals surface area contributed by atoms with Gasteiger partial charge in [0.15, 0.2) is 0 Å². The van der Waals surface area contributed by atoms with Crippen molar-refractivity contribution in [1.82, 2.24) is 10.2 Å². The van der Waals surface area contributed by atoms with Crippen LogP contribution in [-0.4, -0.2) is 42.8 Å². The average Bonchev–Trinajstić information content (AvgIpc) is 2.62. The first kappa shape index (κ1) is 17.4. The molecule has 1 saturated heterocycles. The highest BCUT2D eigenvalue weighted by Crippen LogP contribution is 2.31. The molecule has 1 aliphatic rings. The molecule has 1 aliphatic heterocycles. The summed E-state index contributed by atoms with van der Waals surface area (Å²) in [6, 6.07) is 0. The van der Waals surface area contributed by atoms with E-state index in [9.17, 15) is 4.79 Å². The number of ether oxygens (including phenoxy) is 1. The summed E-state index contributed by atoms with van der Waals surface area (Å²) in [7, 11) is 1.73. The van der Waals surface area contributed by atoms with Gasteiger partial charge < -0.3 is 9.64 Å². The van der Waals surface area contributed by atoms with E-state index in [2.05, 4.69) is 39.9 Å². The molecule has 0 saturated carbocycles. The maximum Gasteiger partial charge on any atom is 0.243 e. The molecule has 1 N–H and O–H groups in total. The molecule has 0 aliphatic carbocycles. The number of carbonyl (C=O) groups excluding carboxylic acids is 1. The molecule has 1 amide bonds. The third kappa shape index (κ3) is 3.73. The van der Waals surface area contributed by atoms with Gasteiger partial charge >= 0.3 is 0 Å². The Morgan fingerprint density at radius 1 is 1.45 bits per heavy atom. The van der Waals surface area contributed by atoms with Crippen LogP contribution in [0.5, 0.6) is 0 Å². The fraction of sp³-hybridized carbons (Fsp3) is 0.938. The van der Waals surface area contributed by atoms with Crippen molar-refractivity contribution < 1.29 is 9.53 Å². The molecular weight excluding hydrogens is 252 g/mol. The van der Waals surface area contributed by atoms with Crippen molar-refractivity contribution in [3.8, 4) is 0 Å². The SMILES string of the molecule is CCC1(C)NC(C(C)C)N(CC(C)(C)CCOC)C1=O. The minimum absolute atomic E-state index is 0.0689. The third-order valence-electron chi connectivity index (χ3n) is 4.46. The molecule has 0 aromatic heterocycles. The zero-order chi connectivity index (χ0) is 15.6. The normalized spacial score (nSPS) is 27.7. The van der Waals surface area contributed by atoms with E-state index >= 15 is 0 Å². The Labute approximate surface area is 124 Å². The summed E-state index contributed by atoms with van der Waals surface area (Å²) in [6.07, 6.45) is 1.92. The van der Waals surface area contributed by atoms with Crippen LogP contribution in [-0.2, 0) is 9.53 Å². The standard InChI is InChI=1S/C16H32N2O2/c1-8-16(6)14(19)18(13(17-16)12(2)3)11-15(4,5)9-10-20-7/h12-13,17H,8-11H2,1-7H3. The fourth-order valence-electron chi connectivity index (χ4n) is 2.78. The molecular formula is C16H32N2O2. The Morgan fingerprint density at radius 3 is 2.50 bits per heavy atom. The lowest BCUT2D eigenvalue weighted by Crippen LogP contribution is -2.46. The number of carbonyl (C=O) groups is 1. The first-order valence-electron chi connectivity index (χ1n) is 7.74. The van der Waals surface area contributed by atoms with Gasteiger partial charge in [0.05, 0.1) is 11.7 Å². The Morgan fingerprint density at radius 2 is 2.05 bits per heavy atom. The summed E-state index contributed by atoms with van der Waals surface area (Å²) in [6.45, 7) is 14.4. The number of hydrogen-bond acceptors (Lipinski definition) is 3. The quantitative estimate of drug-likeness (QED) is 0.781. The van der Waals surface area contributed by atoms with Gasteiger partial charge in [-0.3, -0.25) is 10.1 Å². The van der Waals surface area contributed by atoms with E-state index < -0.39 is 5.54 Å². The van der Waals surface area contributed by atoms with Crippen molar-refractivity contribution in [2.24, 2.45) is 11.3 Å². The van der Waals surface area contributed by atoms with Crippen LogP contribution in [0.1, 0.15) is 54.4 Å². The molecule has 20 heavy (non-hydrogen) atoms. The van der Waals surface area contributed by atoms with E-state index in [1.54, 1.807) is 7.11 Å². The Bertz CT molecular complexity index is 341. The monoisotopic (exact) mass is 284 g/mol.